The summed E-state index contributed by atoms with van der Waals surface area (Å²) in [6, 6.07) is 0. The highest BCUT2D eigenvalue weighted by Gasteiger charge is 3.00. The second kappa shape index (κ2) is 4.64. The van der Waals surface area contributed by atoms with Crippen molar-refractivity contribution in [3.05, 3.63) is 0 Å². The monoisotopic (exact) mass is 384 g/mol. The molecular weight excluding hydrogens is 376 g/mol. The van der Waals surface area contributed by atoms with Crippen LogP contribution in [0.15, 0.2) is 0 Å². The minimum atomic E-state index is -6.93. The second-order valence-electron chi connectivity index (χ2n) is 5.95. The molecule has 2 bridgehead atoms. The highest BCUT2D eigenvalue weighted by molar-refractivity contribution is 5.26. The Morgan fingerprint density at radius 2 is 0.917 bits per heavy atom. The summed E-state index contributed by atoms with van der Waals surface area (Å²) in [6.45, 7) is 0. The standard InChI is InChI=1S/C11H8F12O/c12-8(13,14)6(9(15,16)17)3-1-4(5(24)2-3)7(6,10(18,19)20)11(21,22)23/h3-5,24H,1-2H2. The van der Waals surface area contributed by atoms with E-state index in [1.807, 2.05) is 0 Å². The maximum absolute atomic E-state index is 13.3. The van der Waals surface area contributed by atoms with Crippen molar-refractivity contribution >= 4 is 0 Å². The Morgan fingerprint density at radius 3 is 1.21 bits per heavy atom. The molecule has 142 valence electrons. The smallest absolute Gasteiger partial charge is 0.393 e. The molecule has 0 aromatic rings. The van der Waals surface area contributed by atoms with Crippen molar-refractivity contribution in [1.82, 2.24) is 0 Å². The minimum absolute atomic E-state index is 1.45. The third-order valence-corrected chi connectivity index (χ3v) is 5.11. The van der Waals surface area contributed by atoms with Crippen molar-refractivity contribution in [2.45, 2.75) is 43.7 Å². The molecule has 3 unspecified atom stereocenters. The molecule has 0 aliphatic heterocycles. The molecule has 0 radical (unpaired) electrons. The minimum Gasteiger partial charge on any atom is -0.393 e. The lowest BCUT2D eigenvalue weighted by Gasteiger charge is -2.55. The molecule has 13 heteroatoms. The van der Waals surface area contributed by atoms with Gasteiger partial charge in [0.1, 0.15) is 0 Å². The van der Waals surface area contributed by atoms with Gasteiger partial charge in [0.2, 0.25) is 0 Å². The van der Waals surface area contributed by atoms with E-state index in [-0.39, 0.29) is 0 Å². The fourth-order valence-corrected chi connectivity index (χ4v) is 4.55. The Morgan fingerprint density at radius 1 is 0.583 bits per heavy atom. The summed E-state index contributed by atoms with van der Waals surface area (Å²) in [5.41, 5.74) is -12.2. The molecule has 2 rings (SSSR count). The number of rotatable bonds is 0. The third-order valence-electron chi connectivity index (χ3n) is 5.11. The van der Waals surface area contributed by atoms with Crippen molar-refractivity contribution in [1.29, 1.82) is 0 Å². The molecule has 0 spiro atoms. The van der Waals surface area contributed by atoms with Gasteiger partial charge in [0.25, 0.3) is 0 Å². The van der Waals surface area contributed by atoms with E-state index < -0.39 is 66.3 Å². The lowest BCUT2D eigenvalue weighted by molar-refractivity contribution is -0.487. The quantitative estimate of drug-likeness (QED) is 0.605. The van der Waals surface area contributed by atoms with Crippen molar-refractivity contribution in [3.8, 4) is 0 Å². The Bertz CT molecular complexity index is 481. The summed E-state index contributed by atoms with van der Waals surface area (Å²) in [4.78, 5) is 0. The first-order valence-electron chi connectivity index (χ1n) is 6.32. The van der Waals surface area contributed by atoms with Gasteiger partial charge in [0, 0.05) is 5.92 Å². The number of alkyl halides is 12. The van der Waals surface area contributed by atoms with Crippen molar-refractivity contribution in [2.75, 3.05) is 0 Å². The predicted octanol–water partition coefficient (Wildman–Crippen LogP) is 4.61. The van der Waals surface area contributed by atoms with Crippen LogP contribution in [0, 0.1) is 22.7 Å². The molecule has 0 aromatic heterocycles. The van der Waals surface area contributed by atoms with Crippen LogP contribution in [0.5, 0.6) is 0 Å². The predicted molar refractivity (Wildman–Crippen MR) is 51.3 cm³/mol. The van der Waals surface area contributed by atoms with Gasteiger partial charge in [-0.15, -0.1) is 0 Å². The van der Waals surface area contributed by atoms with Crippen LogP contribution >= 0.6 is 0 Å². The van der Waals surface area contributed by atoms with Gasteiger partial charge in [0.05, 0.1) is 6.10 Å². The van der Waals surface area contributed by atoms with Gasteiger partial charge in [-0.25, -0.2) is 0 Å². The van der Waals surface area contributed by atoms with E-state index in [2.05, 4.69) is 0 Å². The normalized spacial score (nSPS) is 33.1. The lowest BCUT2D eigenvalue weighted by Crippen LogP contribution is -2.74. The van der Waals surface area contributed by atoms with E-state index in [0.29, 0.717) is 0 Å². The molecule has 2 aliphatic rings. The Hall–Kier alpha value is -0.880. The molecule has 1 N–H and O–H groups in total. The molecule has 24 heavy (non-hydrogen) atoms. The summed E-state index contributed by atoms with van der Waals surface area (Å²) in [6.07, 6.45) is -33.3. The number of halogens is 12. The maximum atomic E-state index is 13.3. The van der Waals surface area contributed by atoms with E-state index >= 15 is 0 Å². The molecule has 3 atom stereocenters. The van der Waals surface area contributed by atoms with Gasteiger partial charge in [-0.3, -0.25) is 0 Å². The Kier molecular flexibility index (Phi) is 3.76. The zero-order valence-electron chi connectivity index (χ0n) is 11.1. The van der Waals surface area contributed by atoms with Crippen LogP contribution in [0.3, 0.4) is 0 Å². The van der Waals surface area contributed by atoms with Gasteiger partial charge >= 0.3 is 24.7 Å². The van der Waals surface area contributed by atoms with Crippen molar-refractivity contribution in [3.63, 3.8) is 0 Å². The van der Waals surface area contributed by atoms with Crippen LogP contribution in [-0.2, 0) is 0 Å². The number of aliphatic hydroxyl groups excluding tert-OH is 1. The molecule has 1 nitrogen and oxygen atoms in total. The maximum Gasteiger partial charge on any atom is 0.404 e. The summed E-state index contributed by atoms with van der Waals surface area (Å²) in [5.74, 6) is -6.37. The Balaban J connectivity index is 3.01. The first kappa shape index (κ1) is 19.4. The van der Waals surface area contributed by atoms with Gasteiger partial charge in [-0.1, -0.05) is 0 Å². The fraction of sp³-hybridized carbons (Fsp3) is 1.00. The number of hydrogen-bond donors (Lipinski definition) is 1. The highest BCUT2D eigenvalue weighted by atomic mass is 19.4. The second-order valence-corrected chi connectivity index (χ2v) is 5.95. The lowest BCUT2D eigenvalue weighted by atomic mass is 9.53. The number of fused-ring (bicyclic) bond motifs is 2. The van der Waals surface area contributed by atoms with Gasteiger partial charge in [-0.05, 0) is 18.8 Å². The number of aliphatic hydroxyl groups is 1. The molecule has 0 heterocycles. The van der Waals surface area contributed by atoms with Crippen LogP contribution in [-0.4, -0.2) is 35.9 Å². The van der Waals surface area contributed by atoms with Crippen LogP contribution in [0.25, 0.3) is 0 Å². The van der Waals surface area contributed by atoms with E-state index in [0.717, 1.165) is 0 Å². The third kappa shape index (κ3) is 1.84. The molecule has 0 amide bonds. The molecular formula is C11H8F12O. The summed E-state index contributed by atoms with van der Waals surface area (Å²) < 4.78 is 159. The zero-order chi connectivity index (χ0) is 19.1. The van der Waals surface area contributed by atoms with E-state index in [9.17, 15) is 57.8 Å². The van der Waals surface area contributed by atoms with Crippen LogP contribution < -0.4 is 0 Å². The summed E-state index contributed by atoms with van der Waals surface area (Å²) in [7, 11) is 0. The first-order chi connectivity index (χ1) is 10.4. The molecule has 0 saturated heterocycles. The molecule has 2 fully saturated rings. The molecule has 2 aliphatic carbocycles. The average molecular weight is 384 g/mol. The molecule has 0 aromatic carbocycles. The SMILES string of the molecule is OC1CC2CC1C(C(F)(F)F)(C(F)(F)F)C2(C(F)(F)F)C(F)(F)F. The fourth-order valence-electron chi connectivity index (χ4n) is 4.55. The van der Waals surface area contributed by atoms with Gasteiger partial charge in [0.15, 0.2) is 10.8 Å². The van der Waals surface area contributed by atoms with Crippen LogP contribution in [0.1, 0.15) is 12.8 Å². The largest absolute Gasteiger partial charge is 0.404 e. The highest BCUT2D eigenvalue weighted by Crippen LogP contribution is 2.83. The Labute approximate surface area is 125 Å². The van der Waals surface area contributed by atoms with E-state index in [4.69, 9.17) is 0 Å². The van der Waals surface area contributed by atoms with Gasteiger partial charge < -0.3 is 5.11 Å². The molecule has 2 saturated carbocycles. The average Bonchev–Trinajstić information content (AvgIpc) is 2.75. The van der Waals surface area contributed by atoms with Gasteiger partial charge in [-0.2, -0.15) is 52.7 Å². The van der Waals surface area contributed by atoms with E-state index in [1.54, 1.807) is 0 Å². The van der Waals surface area contributed by atoms with Crippen LogP contribution in [0.4, 0.5) is 52.7 Å². The number of hydrogen-bond acceptors (Lipinski definition) is 1. The van der Waals surface area contributed by atoms with Crippen LogP contribution in [0.2, 0.25) is 0 Å². The van der Waals surface area contributed by atoms with Crippen molar-refractivity contribution < 1.29 is 57.8 Å². The van der Waals surface area contributed by atoms with E-state index in [1.165, 1.54) is 0 Å². The summed E-state index contributed by atoms with van der Waals surface area (Å²) >= 11 is 0. The topological polar surface area (TPSA) is 20.2 Å². The first-order valence-corrected chi connectivity index (χ1v) is 6.32. The van der Waals surface area contributed by atoms with Crippen molar-refractivity contribution in [2.24, 2.45) is 22.7 Å². The summed E-state index contributed by atoms with van der Waals surface area (Å²) in [5, 5.41) is 9.31. The zero-order valence-corrected chi connectivity index (χ0v) is 11.1.